The first-order chi connectivity index (χ1) is 15.5. The highest BCUT2D eigenvalue weighted by atomic mass is 19.4. The fourth-order valence-electron chi connectivity index (χ4n) is 3.51. The number of aromatic amines is 1. The zero-order chi connectivity index (χ0) is 24.1. The average molecular weight is 457 g/mol. The largest absolute Gasteiger partial charge is 0.416 e. The zero-order valence-corrected chi connectivity index (χ0v) is 17.7. The summed E-state index contributed by atoms with van der Waals surface area (Å²) in [5.74, 6) is -0.483. The first kappa shape index (κ1) is 22.1. The van der Waals surface area contributed by atoms with Crippen LogP contribution in [0.1, 0.15) is 21.7 Å². The van der Waals surface area contributed by atoms with Gasteiger partial charge in [0.05, 0.1) is 16.5 Å². The Hall–Kier alpha value is -4.15. The number of anilines is 1. The number of aryl methyl sites for hydroxylation is 2. The highest BCUT2D eigenvalue weighted by molar-refractivity contribution is 6.04. The smallest absolute Gasteiger partial charge is 0.341 e. The van der Waals surface area contributed by atoms with Gasteiger partial charge >= 0.3 is 11.9 Å². The molecule has 2 aromatic heterocycles. The summed E-state index contributed by atoms with van der Waals surface area (Å²) in [5.41, 5.74) is -0.591. The van der Waals surface area contributed by atoms with Crippen LogP contribution in [0.3, 0.4) is 0 Å². The van der Waals surface area contributed by atoms with Crippen molar-refractivity contribution in [2.24, 2.45) is 14.1 Å². The first-order valence-corrected chi connectivity index (χ1v) is 9.72. The number of hydrogen-bond donors (Lipinski definition) is 2. The lowest BCUT2D eigenvalue weighted by atomic mass is 10.1. The Balaban J connectivity index is 1.67. The predicted octanol–water partition coefficient (Wildman–Crippen LogP) is 3.21. The Labute approximate surface area is 184 Å². The van der Waals surface area contributed by atoms with E-state index in [9.17, 15) is 27.6 Å². The molecule has 33 heavy (non-hydrogen) atoms. The van der Waals surface area contributed by atoms with Gasteiger partial charge in [-0.1, -0.05) is 12.1 Å². The number of alkyl halides is 3. The second kappa shape index (κ2) is 7.76. The Bertz CT molecular complexity index is 1530. The lowest BCUT2D eigenvalue weighted by molar-refractivity contribution is -0.137. The quantitative estimate of drug-likeness (QED) is 0.493. The van der Waals surface area contributed by atoms with Crippen LogP contribution in [0, 0.1) is 6.92 Å². The molecule has 0 atom stereocenters. The molecular formula is C22H18F3N5O3. The highest BCUT2D eigenvalue weighted by Crippen LogP contribution is 2.31. The second-order valence-electron chi connectivity index (χ2n) is 7.53. The maximum Gasteiger partial charge on any atom is 0.416 e. The molecule has 170 valence electrons. The molecular weight excluding hydrogens is 439 g/mol. The molecule has 0 saturated heterocycles. The Morgan fingerprint density at radius 3 is 2.48 bits per heavy atom. The van der Waals surface area contributed by atoms with Crippen LogP contribution in [-0.4, -0.2) is 25.0 Å². The number of carbonyl (C=O) groups excluding carboxylic acids is 1. The van der Waals surface area contributed by atoms with Crippen LogP contribution < -0.4 is 16.6 Å². The lowest BCUT2D eigenvalue weighted by Crippen LogP contribution is -2.36. The van der Waals surface area contributed by atoms with Gasteiger partial charge in [0.25, 0.3) is 11.5 Å². The Morgan fingerprint density at radius 2 is 1.79 bits per heavy atom. The van der Waals surface area contributed by atoms with Gasteiger partial charge in [0.2, 0.25) is 0 Å². The van der Waals surface area contributed by atoms with Crippen LogP contribution in [0.25, 0.3) is 22.3 Å². The van der Waals surface area contributed by atoms with E-state index in [1.54, 1.807) is 6.92 Å². The van der Waals surface area contributed by atoms with E-state index in [1.165, 1.54) is 49.0 Å². The van der Waals surface area contributed by atoms with Crippen molar-refractivity contribution in [1.29, 1.82) is 0 Å². The van der Waals surface area contributed by atoms with E-state index in [2.05, 4.69) is 15.3 Å². The summed E-state index contributed by atoms with van der Waals surface area (Å²) in [6.45, 7) is 1.58. The van der Waals surface area contributed by atoms with E-state index in [4.69, 9.17) is 0 Å². The maximum absolute atomic E-state index is 13.0. The topological polar surface area (TPSA) is 102 Å². The summed E-state index contributed by atoms with van der Waals surface area (Å²) in [7, 11) is 2.89. The van der Waals surface area contributed by atoms with E-state index in [0.29, 0.717) is 22.3 Å². The normalized spacial score (nSPS) is 11.7. The summed E-state index contributed by atoms with van der Waals surface area (Å²) in [5, 5.41) is 2.95. The minimum Gasteiger partial charge on any atom is -0.341 e. The molecule has 8 nitrogen and oxygen atoms in total. The van der Waals surface area contributed by atoms with Crippen molar-refractivity contribution in [3.05, 3.63) is 80.3 Å². The zero-order valence-electron chi connectivity index (χ0n) is 17.7. The molecule has 0 aliphatic carbocycles. The molecule has 0 spiro atoms. The third kappa shape index (κ3) is 3.93. The van der Waals surface area contributed by atoms with E-state index < -0.39 is 28.9 Å². The van der Waals surface area contributed by atoms with Crippen molar-refractivity contribution in [2.45, 2.75) is 13.1 Å². The van der Waals surface area contributed by atoms with Crippen molar-refractivity contribution in [2.75, 3.05) is 5.32 Å². The van der Waals surface area contributed by atoms with Gasteiger partial charge in [-0.3, -0.25) is 18.7 Å². The fourth-order valence-corrected chi connectivity index (χ4v) is 3.51. The van der Waals surface area contributed by atoms with Crippen molar-refractivity contribution in [3.63, 3.8) is 0 Å². The van der Waals surface area contributed by atoms with E-state index >= 15 is 0 Å². The molecule has 2 aromatic carbocycles. The van der Waals surface area contributed by atoms with Crippen LogP contribution in [0.2, 0.25) is 0 Å². The van der Waals surface area contributed by atoms with Gasteiger partial charge < -0.3 is 10.3 Å². The van der Waals surface area contributed by atoms with Gasteiger partial charge in [0, 0.05) is 31.0 Å². The molecule has 4 rings (SSSR count). The lowest BCUT2D eigenvalue weighted by Gasteiger charge is -2.10. The minimum absolute atomic E-state index is 0.000345. The van der Waals surface area contributed by atoms with Gasteiger partial charge in [0.15, 0.2) is 0 Å². The predicted molar refractivity (Wildman–Crippen MR) is 116 cm³/mol. The molecule has 0 aliphatic heterocycles. The Morgan fingerprint density at radius 1 is 1.06 bits per heavy atom. The number of rotatable bonds is 3. The number of carbonyl (C=O) groups is 1. The van der Waals surface area contributed by atoms with E-state index in [0.717, 1.165) is 16.7 Å². The molecule has 2 N–H and O–H groups in total. The summed E-state index contributed by atoms with van der Waals surface area (Å²) >= 11 is 0. The number of H-pyrrole nitrogens is 1. The maximum atomic E-state index is 13.0. The standard InChI is InChI=1S/C22H18F3N5O3/c1-11-17(28-18(26-11)12-5-4-6-13(9-12)22(23,24)25)19(31)27-14-7-8-15-16(10-14)29(2)21(33)30(3)20(15)32/h4-10H,1-3H3,(H,26,28)(H,27,31). The summed E-state index contributed by atoms with van der Waals surface area (Å²) in [6, 6.07) is 9.13. The first-order valence-electron chi connectivity index (χ1n) is 9.72. The summed E-state index contributed by atoms with van der Waals surface area (Å²) in [6.07, 6.45) is -4.50. The molecule has 1 amide bonds. The van der Waals surface area contributed by atoms with Crippen LogP contribution in [-0.2, 0) is 20.3 Å². The van der Waals surface area contributed by atoms with Crippen molar-refractivity contribution in [3.8, 4) is 11.4 Å². The molecule has 11 heteroatoms. The molecule has 0 bridgehead atoms. The molecule has 4 aromatic rings. The number of fused-ring (bicyclic) bond motifs is 1. The molecule has 0 fully saturated rings. The third-order valence-corrected chi connectivity index (χ3v) is 5.29. The number of benzene rings is 2. The van der Waals surface area contributed by atoms with Crippen LogP contribution in [0.5, 0.6) is 0 Å². The van der Waals surface area contributed by atoms with Gasteiger partial charge in [0.1, 0.15) is 11.5 Å². The van der Waals surface area contributed by atoms with Crippen LogP contribution in [0.4, 0.5) is 18.9 Å². The van der Waals surface area contributed by atoms with Crippen LogP contribution >= 0.6 is 0 Å². The third-order valence-electron chi connectivity index (χ3n) is 5.29. The van der Waals surface area contributed by atoms with Crippen molar-refractivity contribution >= 4 is 22.5 Å². The monoisotopic (exact) mass is 457 g/mol. The van der Waals surface area contributed by atoms with E-state index in [1.807, 2.05) is 0 Å². The van der Waals surface area contributed by atoms with Gasteiger partial charge in [-0.15, -0.1) is 0 Å². The summed E-state index contributed by atoms with van der Waals surface area (Å²) < 4.78 is 41.3. The molecule has 2 heterocycles. The van der Waals surface area contributed by atoms with Gasteiger partial charge in [-0.05, 0) is 37.3 Å². The SMILES string of the molecule is Cc1[nH]c(-c2cccc(C(F)(F)F)c2)nc1C(=O)Nc1ccc2c(=O)n(C)c(=O)n(C)c2c1. The fraction of sp³-hybridized carbons (Fsp3) is 0.182. The van der Waals surface area contributed by atoms with Crippen LogP contribution in [0.15, 0.2) is 52.1 Å². The summed E-state index contributed by atoms with van der Waals surface area (Å²) in [4.78, 5) is 44.3. The number of hydrogen-bond acceptors (Lipinski definition) is 4. The molecule has 0 aliphatic rings. The number of amides is 1. The van der Waals surface area contributed by atoms with E-state index in [-0.39, 0.29) is 17.1 Å². The number of halogens is 3. The Kier molecular flexibility index (Phi) is 5.19. The molecule has 0 saturated carbocycles. The number of imidazole rings is 1. The minimum atomic E-state index is -4.50. The number of nitrogens with one attached hydrogen (secondary N) is 2. The average Bonchev–Trinajstić information content (AvgIpc) is 3.17. The second-order valence-corrected chi connectivity index (χ2v) is 7.53. The molecule has 0 radical (unpaired) electrons. The van der Waals surface area contributed by atoms with Crippen molar-refractivity contribution in [1.82, 2.24) is 19.1 Å². The molecule has 0 unspecified atom stereocenters. The van der Waals surface area contributed by atoms with Crippen molar-refractivity contribution < 1.29 is 18.0 Å². The highest BCUT2D eigenvalue weighted by Gasteiger charge is 2.30. The number of nitrogens with zero attached hydrogens (tertiary/aromatic N) is 3. The van der Waals surface area contributed by atoms with Gasteiger partial charge in [-0.2, -0.15) is 13.2 Å². The van der Waals surface area contributed by atoms with Gasteiger partial charge in [-0.25, -0.2) is 9.78 Å². The number of aromatic nitrogens is 4.